The van der Waals surface area contributed by atoms with Crippen LogP contribution in [0.25, 0.3) is 0 Å². The molecular formula is C61H74O11Si. The van der Waals surface area contributed by atoms with Crippen molar-refractivity contribution in [3.8, 4) is 0 Å². The van der Waals surface area contributed by atoms with Crippen LogP contribution in [0.3, 0.4) is 0 Å². The lowest BCUT2D eigenvalue weighted by Crippen LogP contribution is -2.65. The molecule has 2 aliphatic rings. The van der Waals surface area contributed by atoms with Gasteiger partial charge in [0.1, 0.15) is 48.8 Å². The Morgan fingerprint density at radius 1 is 0.370 bits per heavy atom. The lowest BCUT2D eigenvalue weighted by atomic mass is 9.97. The minimum atomic E-state index is -2.54. The van der Waals surface area contributed by atoms with Gasteiger partial charge in [0.25, 0.3) is 0 Å². The first-order valence-corrected chi connectivity index (χ1v) is 28.5. The Kier molecular flexibility index (Phi) is 20.1. The Labute approximate surface area is 434 Å². The SMILES string of the molecule is CO[C@H]1O[C@H](CO[C@H]2O[C@H](COCc3ccccc3)[C@@H](OCc3ccccc3)[C@H](OCc3ccccc3)[C@H]2OCc2ccccc2)[C@@H](O[Si](C)(C)C(C)(C)C)[C@H](OCc2ccccc2)[C@H]1OCc1ccccc1. The van der Waals surface area contributed by atoms with E-state index in [-0.39, 0.29) is 24.9 Å². The van der Waals surface area contributed by atoms with Crippen LogP contribution in [0.1, 0.15) is 54.2 Å². The van der Waals surface area contributed by atoms with Crippen LogP contribution in [-0.4, -0.2) is 90.1 Å². The zero-order valence-electron chi connectivity index (χ0n) is 43.2. The van der Waals surface area contributed by atoms with Crippen LogP contribution in [0.4, 0.5) is 0 Å². The van der Waals surface area contributed by atoms with Crippen LogP contribution in [0.2, 0.25) is 18.1 Å². The second-order valence-electron chi connectivity index (χ2n) is 20.3. The Balaban J connectivity index is 1.15. The molecule has 0 bridgehead atoms. The normalized spacial score (nSPS) is 24.6. The van der Waals surface area contributed by atoms with Gasteiger partial charge in [-0.25, -0.2) is 0 Å². The summed E-state index contributed by atoms with van der Waals surface area (Å²) in [5, 5.41) is -0.158. The smallest absolute Gasteiger partial charge is 0.192 e. The number of benzene rings is 6. The molecule has 12 heteroatoms. The van der Waals surface area contributed by atoms with Crippen molar-refractivity contribution in [2.75, 3.05) is 20.3 Å². The minimum Gasteiger partial charge on any atom is -0.408 e. The summed E-state index contributed by atoms with van der Waals surface area (Å²) in [7, 11) is -0.909. The standard InChI is InChI=1S/C61H74O11Si/c1-61(2,3)73(5,6)72-54-52(70-59(62-4)57(67-41-49-33-21-11-22-34-49)56(54)66-40-48-31-19-10-20-32-48)44-69-60-58(68-42-50-35-23-12-24-36-50)55(65-39-47-29-17-9-18-30-47)53(64-38-46-27-15-8-16-28-46)51(71-60)43-63-37-45-25-13-7-14-26-45/h7-36,51-60H,37-44H2,1-6H3/t51-,52-,53-,54-,55+,56+,57-,58-,59+,60+/m1/s1. The Bertz CT molecular complexity index is 2450. The van der Waals surface area contributed by atoms with Gasteiger partial charge in [-0.2, -0.15) is 0 Å². The fraction of sp³-hybridized carbons (Fsp3) is 0.410. The average Bonchev–Trinajstić information content (AvgIpc) is 3.41. The summed E-state index contributed by atoms with van der Waals surface area (Å²) in [5.41, 5.74) is 6.07. The van der Waals surface area contributed by atoms with E-state index in [1.807, 2.05) is 158 Å². The van der Waals surface area contributed by atoms with E-state index < -0.39 is 69.7 Å². The topological polar surface area (TPSA) is 102 Å². The summed E-state index contributed by atoms with van der Waals surface area (Å²) in [6.07, 6.45) is -7.26. The van der Waals surface area contributed by atoms with Gasteiger partial charge in [0.05, 0.1) is 52.9 Å². The molecule has 0 unspecified atom stereocenters. The lowest BCUT2D eigenvalue weighted by molar-refractivity contribution is -0.347. The Hall–Kier alpha value is -4.90. The molecule has 0 N–H and O–H groups in total. The molecule has 11 nitrogen and oxygen atoms in total. The van der Waals surface area contributed by atoms with E-state index in [9.17, 15) is 0 Å². The molecule has 2 saturated heterocycles. The predicted molar refractivity (Wildman–Crippen MR) is 284 cm³/mol. The maximum absolute atomic E-state index is 7.46. The van der Waals surface area contributed by atoms with Gasteiger partial charge in [0.2, 0.25) is 0 Å². The lowest BCUT2D eigenvalue weighted by Gasteiger charge is -2.50. The molecule has 0 aliphatic carbocycles. The van der Waals surface area contributed by atoms with Crippen LogP contribution < -0.4 is 0 Å². The molecule has 0 saturated carbocycles. The van der Waals surface area contributed by atoms with Crippen LogP contribution in [-0.2, 0) is 91.4 Å². The molecule has 388 valence electrons. The third-order valence-corrected chi connectivity index (χ3v) is 18.4. The summed E-state index contributed by atoms with van der Waals surface area (Å²) in [6, 6.07) is 60.6. The van der Waals surface area contributed by atoms with Gasteiger partial charge in [-0.05, 0) is 51.5 Å². The molecular weight excluding hydrogens is 937 g/mol. The highest BCUT2D eigenvalue weighted by molar-refractivity contribution is 6.74. The van der Waals surface area contributed by atoms with Crippen molar-refractivity contribution in [3.63, 3.8) is 0 Å². The van der Waals surface area contributed by atoms with E-state index in [1.54, 1.807) is 7.11 Å². The first kappa shape index (κ1) is 54.4. The molecule has 0 radical (unpaired) electrons. The van der Waals surface area contributed by atoms with Crippen molar-refractivity contribution in [2.45, 2.75) is 140 Å². The van der Waals surface area contributed by atoms with Crippen molar-refractivity contribution >= 4 is 8.32 Å². The van der Waals surface area contributed by atoms with E-state index >= 15 is 0 Å². The number of hydrogen-bond donors (Lipinski definition) is 0. The highest BCUT2D eigenvalue weighted by Gasteiger charge is 2.54. The predicted octanol–water partition coefficient (Wildman–Crippen LogP) is 11.6. The summed E-state index contributed by atoms with van der Waals surface area (Å²) in [5.74, 6) is 0. The first-order valence-electron chi connectivity index (χ1n) is 25.6. The largest absolute Gasteiger partial charge is 0.408 e. The number of rotatable bonds is 25. The van der Waals surface area contributed by atoms with E-state index in [1.165, 1.54) is 0 Å². The molecule has 73 heavy (non-hydrogen) atoms. The van der Waals surface area contributed by atoms with Gasteiger partial charge in [-0.3, -0.25) is 0 Å². The number of hydrogen-bond acceptors (Lipinski definition) is 11. The van der Waals surface area contributed by atoms with Crippen molar-refractivity contribution in [3.05, 3.63) is 215 Å². The molecule has 0 spiro atoms. The van der Waals surface area contributed by atoms with E-state index in [4.69, 9.17) is 51.8 Å². The zero-order valence-corrected chi connectivity index (χ0v) is 44.2. The molecule has 2 fully saturated rings. The monoisotopic (exact) mass is 1010 g/mol. The highest BCUT2D eigenvalue weighted by Crippen LogP contribution is 2.41. The second kappa shape index (κ2) is 27.1. The molecule has 0 aromatic heterocycles. The summed E-state index contributed by atoms with van der Waals surface area (Å²) < 4.78 is 76.2. The quantitative estimate of drug-likeness (QED) is 0.0512. The molecule has 0 amide bonds. The van der Waals surface area contributed by atoms with Crippen molar-refractivity contribution in [2.24, 2.45) is 0 Å². The van der Waals surface area contributed by atoms with Crippen molar-refractivity contribution < 1.29 is 51.8 Å². The Morgan fingerprint density at radius 3 is 1.07 bits per heavy atom. The number of ether oxygens (including phenoxy) is 10. The third kappa shape index (κ3) is 15.6. The van der Waals surface area contributed by atoms with Gasteiger partial charge in [0.15, 0.2) is 20.9 Å². The number of methoxy groups -OCH3 is 1. The molecule has 10 atom stereocenters. The van der Waals surface area contributed by atoms with Crippen LogP contribution >= 0.6 is 0 Å². The summed E-state index contributed by atoms with van der Waals surface area (Å²) in [6.45, 7) is 13.2. The first-order chi connectivity index (χ1) is 35.5. The van der Waals surface area contributed by atoms with Gasteiger partial charge in [-0.1, -0.05) is 203 Å². The van der Waals surface area contributed by atoms with Gasteiger partial charge >= 0.3 is 0 Å². The second-order valence-corrected chi connectivity index (χ2v) is 25.1. The van der Waals surface area contributed by atoms with Crippen LogP contribution in [0.5, 0.6) is 0 Å². The zero-order chi connectivity index (χ0) is 50.9. The fourth-order valence-corrected chi connectivity index (χ4v) is 10.2. The highest BCUT2D eigenvalue weighted by atomic mass is 28.4. The van der Waals surface area contributed by atoms with Crippen molar-refractivity contribution in [1.82, 2.24) is 0 Å². The van der Waals surface area contributed by atoms with Crippen LogP contribution in [0.15, 0.2) is 182 Å². The van der Waals surface area contributed by atoms with Crippen molar-refractivity contribution in [1.29, 1.82) is 0 Å². The van der Waals surface area contributed by atoms with E-state index in [0.717, 1.165) is 33.4 Å². The molecule has 2 heterocycles. The molecule has 2 aliphatic heterocycles. The molecule has 8 rings (SSSR count). The van der Waals surface area contributed by atoms with Gasteiger partial charge < -0.3 is 51.8 Å². The maximum atomic E-state index is 7.46. The van der Waals surface area contributed by atoms with Gasteiger partial charge in [-0.15, -0.1) is 0 Å². The fourth-order valence-electron chi connectivity index (χ4n) is 8.83. The molecule has 6 aromatic carbocycles. The minimum absolute atomic E-state index is 0.0180. The summed E-state index contributed by atoms with van der Waals surface area (Å²) >= 11 is 0. The third-order valence-electron chi connectivity index (χ3n) is 13.9. The maximum Gasteiger partial charge on any atom is 0.192 e. The molecule has 6 aromatic rings. The van der Waals surface area contributed by atoms with Gasteiger partial charge in [0, 0.05) is 7.11 Å². The van der Waals surface area contributed by atoms with Crippen LogP contribution in [0, 0.1) is 0 Å². The van der Waals surface area contributed by atoms with E-state index in [2.05, 4.69) is 58.1 Å². The Morgan fingerprint density at radius 2 is 0.685 bits per heavy atom. The average molecular weight is 1010 g/mol. The van der Waals surface area contributed by atoms with E-state index in [0.29, 0.717) is 33.0 Å². The summed E-state index contributed by atoms with van der Waals surface area (Å²) in [4.78, 5) is 0.